The van der Waals surface area contributed by atoms with Crippen molar-refractivity contribution >= 4 is 23.4 Å². The zero-order valence-electron chi connectivity index (χ0n) is 21.1. The zero-order chi connectivity index (χ0) is 25.7. The van der Waals surface area contributed by atoms with Gasteiger partial charge in [-0.3, -0.25) is 9.69 Å². The number of benzene rings is 2. The largest absolute Gasteiger partial charge is 0.497 e. The lowest BCUT2D eigenvalue weighted by Crippen LogP contribution is -2.45. The number of methoxy groups -OCH3 is 1. The number of aliphatic carboxylic acids is 1. The first-order chi connectivity index (χ1) is 17.3. The van der Waals surface area contributed by atoms with E-state index >= 15 is 0 Å². The van der Waals surface area contributed by atoms with E-state index < -0.39 is 12.2 Å². The molecule has 1 heterocycles. The number of anilines is 2. The predicted molar refractivity (Wildman–Crippen MR) is 139 cm³/mol. The average molecular weight is 496 g/mol. The summed E-state index contributed by atoms with van der Waals surface area (Å²) in [7, 11) is 1.59. The van der Waals surface area contributed by atoms with Crippen LogP contribution in [0.15, 0.2) is 42.5 Å². The molecule has 2 aromatic carbocycles. The fourth-order valence-corrected chi connectivity index (χ4v) is 5.61. The zero-order valence-corrected chi connectivity index (χ0v) is 21.1. The second-order valence-electron chi connectivity index (χ2n) is 10.2. The minimum Gasteiger partial charge on any atom is -0.497 e. The number of hydrogen-bond acceptors (Lipinski definition) is 5. The Kier molecular flexibility index (Phi) is 8.48. The molecule has 4 N–H and O–H groups in total. The van der Waals surface area contributed by atoms with Crippen LogP contribution in [-0.2, 0) is 17.8 Å². The van der Waals surface area contributed by atoms with Crippen LogP contribution < -0.4 is 15.4 Å². The molecule has 2 aliphatic rings. The molecule has 0 spiro atoms. The molecule has 1 aliphatic carbocycles. The second kappa shape index (κ2) is 11.8. The van der Waals surface area contributed by atoms with E-state index in [1.165, 1.54) is 5.56 Å². The summed E-state index contributed by atoms with van der Waals surface area (Å²) in [6.07, 6.45) is 4.35. The summed E-state index contributed by atoms with van der Waals surface area (Å²) < 4.78 is 5.20. The number of aliphatic hydroxyl groups excluding tert-OH is 1. The average Bonchev–Trinajstić information content (AvgIpc) is 2.87. The number of nitrogens with one attached hydrogen (secondary N) is 2. The fourth-order valence-electron chi connectivity index (χ4n) is 5.61. The molecule has 8 nitrogen and oxygen atoms in total. The van der Waals surface area contributed by atoms with Crippen LogP contribution >= 0.6 is 0 Å². The molecule has 1 fully saturated rings. The number of rotatable bonds is 8. The van der Waals surface area contributed by atoms with Crippen molar-refractivity contribution in [3.8, 4) is 5.75 Å². The van der Waals surface area contributed by atoms with Crippen LogP contribution in [0.4, 0.5) is 16.2 Å². The highest BCUT2D eigenvalue weighted by atomic mass is 16.5. The SMILES string of the molecule is COc1cccc(NC(=O)Nc2ccc3c(c2)CCN(C(O)C(C)C2CCC(CC(=O)O)CC2)C3)c1. The van der Waals surface area contributed by atoms with Gasteiger partial charge in [0.1, 0.15) is 12.0 Å². The van der Waals surface area contributed by atoms with Gasteiger partial charge in [-0.1, -0.05) is 19.1 Å². The van der Waals surface area contributed by atoms with Gasteiger partial charge >= 0.3 is 12.0 Å². The van der Waals surface area contributed by atoms with Crippen LogP contribution in [0.5, 0.6) is 5.75 Å². The molecule has 2 unspecified atom stereocenters. The van der Waals surface area contributed by atoms with E-state index in [0.717, 1.165) is 49.9 Å². The molecule has 4 rings (SSSR count). The van der Waals surface area contributed by atoms with Gasteiger partial charge in [-0.15, -0.1) is 0 Å². The Morgan fingerprint density at radius 1 is 1.06 bits per heavy atom. The van der Waals surface area contributed by atoms with Crippen molar-refractivity contribution in [1.82, 2.24) is 4.90 Å². The minimum atomic E-state index is -0.714. The van der Waals surface area contributed by atoms with Crippen molar-refractivity contribution in [1.29, 1.82) is 0 Å². The van der Waals surface area contributed by atoms with Gasteiger partial charge in [0, 0.05) is 37.0 Å². The molecule has 1 saturated carbocycles. The van der Waals surface area contributed by atoms with Gasteiger partial charge in [-0.05, 0) is 85.3 Å². The van der Waals surface area contributed by atoms with Crippen LogP contribution in [0.2, 0.25) is 0 Å². The summed E-state index contributed by atoms with van der Waals surface area (Å²) in [5, 5.41) is 25.9. The van der Waals surface area contributed by atoms with E-state index in [1.54, 1.807) is 19.2 Å². The van der Waals surface area contributed by atoms with Crippen LogP contribution in [-0.4, -0.2) is 47.0 Å². The molecule has 2 aromatic rings. The molecule has 2 amide bonds. The topological polar surface area (TPSA) is 111 Å². The normalized spacial score (nSPS) is 21.6. The molecule has 1 aliphatic heterocycles. The quantitative estimate of drug-likeness (QED) is 0.413. The first-order valence-electron chi connectivity index (χ1n) is 12.8. The Bertz CT molecular complexity index is 1070. The van der Waals surface area contributed by atoms with Crippen LogP contribution in [0.3, 0.4) is 0 Å². The van der Waals surface area contributed by atoms with Crippen molar-refractivity contribution in [3.05, 3.63) is 53.6 Å². The predicted octanol–water partition coefficient (Wildman–Crippen LogP) is 4.93. The lowest BCUT2D eigenvalue weighted by atomic mass is 9.74. The maximum Gasteiger partial charge on any atom is 0.323 e. The monoisotopic (exact) mass is 495 g/mol. The van der Waals surface area contributed by atoms with E-state index in [9.17, 15) is 14.7 Å². The number of urea groups is 1. The first-order valence-corrected chi connectivity index (χ1v) is 12.8. The number of amides is 2. The second-order valence-corrected chi connectivity index (χ2v) is 10.2. The van der Waals surface area contributed by atoms with E-state index in [-0.39, 0.29) is 24.3 Å². The maximum absolute atomic E-state index is 12.5. The Hall–Kier alpha value is -3.10. The van der Waals surface area contributed by atoms with Gasteiger partial charge in [-0.25, -0.2) is 4.79 Å². The molecule has 36 heavy (non-hydrogen) atoms. The fraction of sp³-hybridized carbons (Fsp3) is 0.500. The van der Waals surface area contributed by atoms with Crippen molar-refractivity contribution in [3.63, 3.8) is 0 Å². The van der Waals surface area contributed by atoms with Crippen LogP contribution in [0.25, 0.3) is 0 Å². The third-order valence-electron chi connectivity index (χ3n) is 7.78. The summed E-state index contributed by atoms with van der Waals surface area (Å²) in [4.78, 5) is 25.6. The molecular weight excluding hydrogens is 458 g/mol. The maximum atomic E-state index is 12.5. The minimum absolute atomic E-state index is 0.138. The first kappa shape index (κ1) is 26.0. The lowest BCUT2D eigenvalue weighted by molar-refractivity contribution is -0.138. The summed E-state index contributed by atoms with van der Waals surface area (Å²) in [6, 6.07) is 12.8. The van der Waals surface area contributed by atoms with Crippen LogP contribution in [0, 0.1) is 17.8 Å². The van der Waals surface area contributed by atoms with Gasteiger partial charge in [0.05, 0.1) is 7.11 Å². The number of carboxylic acid groups (broad SMARTS) is 1. The lowest BCUT2D eigenvalue weighted by Gasteiger charge is -2.40. The Morgan fingerprint density at radius 2 is 1.78 bits per heavy atom. The van der Waals surface area contributed by atoms with Crippen molar-refractivity contribution in [2.75, 3.05) is 24.3 Å². The van der Waals surface area contributed by atoms with E-state index in [4.69, 9.17) is 9.84 Å². The molecule has 8 heteroatoms. The highest BCUT2D eigenvalue weighted by molar-refractivity contribution is 5.99. The molecule has 2 atom stereocenters. The number of fused-ring (bicyclic) bond motifs is 1. The van der Waals surface area contributed by atoms with Gasteiger partial charge < -0.3 is 25.6 Å². The summed E-state index contributed by atoms with van der Waals surface area (Å²) in [5.41, 5.74) is 3.73. The summed E-state index contributed by atoms with van der Waals surface area (Å²) in [5.74, 6) is 0.785. The number of ether oxygens (including phenoxy) is 1. The number of carbonyl (C=O) groups is 2. The van der Waals surface area contributed by atoms with Gasteiger partial charge in [0.25, 0.3) is 0 Å². The standard InChI is InChI=1S/C28H37N3O5/c1-18(20-8-6-19(7-9-20)14-26(32)33)27(34)31-13-12-21-15-24(11-10-22(21)17-31)30-28(35)29-23-4-3-5-25(16-23)36-2/h3-5,10-11,15-16,18-20,27,34H,6-9,12-14,17H2,1-2H3,(H,32,33)(H2,29,30,35). The van der Waals surface area contributed by atoms with Gasteiger partial charge in [0.15, 0.2) is 0 Å². The molecule has 194 valence electrons. The van der Waals surface area contributed by atoms with Crippen LogP contribution in [0.1, 0.15) is 50.2 Å². The molecular formula is C28H37N3O5. The van der Waals surface area contributed by atoms with E-state index in [2.05, 4.69) is 22.5 Å². The summed E-state index contributed by atoms with van der Waals surface area (Å²) in [6.45, 7) is 3.55. The molecule has 0 saturated heterocycles. The number of hydrogen-bond donors (Lipinski definition) is 4. The Balaban J connectivity index is 1.30. The van der Waals surface area contributed by atoms with Gasteiger partial charge in [-0.2, -0.15) is 0 Å². The number of carboxylic acids is 1. The third kappa shape index (κ3) is 6.56. The molecule has 0 aromatic heterocycles. The number of aliphatic hydroxyl groups is 1. The van der Waals surface area contributed by atoms with E-state index in [0.29, 0.717) is 23.9 Å². The van der Waals surface area contributed by atoms with E-state index in [1.807, 2.05) is 30.3 Å². The highest BCUT2D eigenvalue weighted by Crippen LogP contribution is 2.37. The smallest absolute Gasteiger partial charge is 0.323 e. The molecule has 0 radical (unpaired) electrons. The van der Waals surface area contributed by atoms with Crippen molar-refractivity contribution < 1.29 is 24.5 Å². The van der Waals surface area contributed by atoms with Crippen molar-refractivity contribution in [2.24, 2.45) is 17.8 Å². The Labute approximate surface area is 212 Å². The number of carbonyl (C=O) groups excluding carboxylic acids is 1. The highest BCUT2D eigenvalue weighted by Gasteiger charge is 2.33. The number of nitrogens with zero attached hydrogens (tertiary/aromatic N) is 1. The van der Waals surface area contributed by atoms with Crippen molar-refractivity contribution in [2.45, 2.75) is 58.2 Å². The van der Waals surface area contributed by atoms with Gasteiger partial charge in [0.2, 0.25) is 0 Å². The third-order valence-corrected chi connectivity index (χ3v) is 7.78. The Morgan fingerprint density at radius 3 is 2.47 bits per heavy atom. The molecule has 0 bridgehead atoms. The summed E-state index contributed by atoms with van der Waals surface area (Å²) >= 11 is 0.